The third-order valence-electron chi connectivity index (χ3n) is 10.3. The number of phenols is 4. The molecule has 1 aliphatic carbocycles. The molecule has 0 saturated carbocycles. The zero-order valence-corrected chi connectivity index (χ0v) is 27.9. The normalized spacial score (nSPS) is 13.6. The Labute approximate surface area is 293 Å². The van der Waals surface area contributed by atoms with Gasteiger partial charge in [0.2, 0.25) is 5.66 Å². The summed E-state index contributed by atoms with van der Waals surface area (Å²) in [5.41, 5.74) is 5.02. The van der Waals surface area contributed by atoms with Gasteiger partial charge in [-0.3, -0.25) is 9.98 Å². The highest BCUT2D eigenvalue weighted by atomic mass is 16.3. The summed E-state index contributed by atoms with van der Waals surface area (Å²) in [5.74, 6) is -1.06. The number of hydrogen-bond donors (Lipinski definition) is 4. The molecule has 8 aromatic carbocycles. The summed E-state index contributed by atoms with van der Waals surface area (Å²) in [4.78, 5) is 10.8. The van der Waals surface area contributed by atoms with Gasteiger partial charge in [0.05, 0.1) is 0 Å². The van der Waals surface area contributed by atoms with Crippen molar-refractivity contribution in [3.05, 3.63) is 155 Å². The monoisotopic (exact) mass is 664 g/mol. The molecular weight excluding hydrogens is 633 g/mol. The van der Waals surface area contributed by atoms with Gasteiger partial charge in [-0.1, -0.05) is 109 Å². The summed E-state index contributed by atoms with van der Waals surface area (Å²) in [6, 6.07) is 39.1. The molecule has 6 nitrogen and oxygen atoms in total. The summed E-state index contributed by atoms with van der Waals surface area (Å²) in [6.45, 7) is 4.13. The summed E-state index contributed by atoms with van der Waals surface area (Å²) in [6.07, 6.45) is 3.22. The zero-order valence-electron chi connectivity index (χ0n) is 27.9. The first-order chi connectivity index (χ1) is 24.8. The standard InChI is InChI=1S/C45H32N2O4/c1-25-19-27-11-5-9-17-33(27)39-40-34-18-10-6-12-28(34)20-26(2)42(40)45(41(25)39,46-23-35-31-15-7-3-13-29(31)21-37(48)43(35)50)47-24-36-32-16-8-4-14-30(32)22-38(49)44(36)51/h3-24,48-51H,1-2H3. The van der Waals surface area contributed by atoms with Crippen molar-refractivity contribution in [2.75, 3.05) is 0 Å². The molecule has 0 bridgehead atoms. The smallest absolute Gasteiger partial charge is 0.202 e. The van der Waals surface area contributed by atoms with Crippen LogP contribution in [0, 0.1) is 13.8 Å². The van der Waals surface area contributed by atoms with Gasteiger partial charge < -0.3 is 20.4 Å². The van der Waals surface area contributed by atoms with Gasteiger partial charge in [0, 0.05) is 34.7 Å². The summed E-state index contributed by atoms with van der Waals surface area (Å²) >= 11 is 0. The van der Waals surface area contributed by atoms with Gasteiger partial charge in [-0.05, 0) is 91.3 Å². The number of fused-ring (bicyclic) bond motifs is 9. The molecular formula is C45H32N2O4. The van der Waals surface area contributed by atoms with E-state index < -0.39 is 5.66 Å². The van der Waals surface area contributed by atoms with E-state index in [1.165, 1.54) is 0 Å². The van der Waals surface area contributed by atoms with Crippen molar-refractivity contribution in [1.29, 1.82) is 0 Å². The maximum absolute atomic E-state index is 11.3. The fraction of sp³-hybridized carbons (Fsp3) is 0.0667. The van der Waals surface area contributed by atoms with E-state index in [0.29, 0.717) is 11.1 Å². The first-order valence-corrected chi connectivity index (χ1v) is 16.8. The molecule has 0 atom stereocenters. The lowest BCUT2D eigenvalue weighted by Crippen LogP contribution is -2.23. The molecule has 51 heavy (non-hydrogen) atoms. The Morgan fingerprint density at radius 1 is 0.451 bits per heavy atom. The Morgan fingerprint density at radius 3 is 1.18 bits per heavy atom. The fourth-order valence-electron chi connectivity index (χ4n) is 8.09. The van der Waals surface area contributed by atoms with Crippen LogP contribution in [0.4, 0.5) is 0 Å². The molecule has 0 unspecified atom stereocenters. The van der Waals surface area contributed by atoms with Gasteiger partial charge in [-0.2, -0.15) is 0 Å². The van der Waals surface area contributed by atoms with Crippen LogP contribution >= 0.6 is 0 Å². The van der Waals surface area contributed by atoms with Gasteiger partial charge in [-0.25, -0.2) is 0 Å². The number of phenolic OH excluding ortho intramolecular Hbond substituents is 4. The zero-order chi connectivity index (χ0) is 35.0. The van der Waals surface area contributed by atoms with Crippen molar-refractivity contribution in [3.8, 4) is 34.1 Å². The minimum atomic E-state index is -1.41. The molecule has 0 radical (unpaired) electrons. The number of aryl methyl sites for hydroxylation is 2. The first kappa shape index (κ1) is 30.4. The molecule has 8 aromatic rings. The maximum Gasteiger partial charge on any atom is 0.202 e. The van der Waals surface area contributed by atoms with Crippen molar-refractivity contribution < 1.29 is 20.4 Å². The average Bonchev–Trinajstić information content (AvgIpc) is 3.45. The molecule has 1 aliphatic rings. The minimum Gasteiger partial charge on any atom is -0.504 e. The van der Waals surface area contributed by atoms with Crippen molar-refractivity contribution in [2.24, 2.45) is 9.98 Å². The van der Waals surface area contributed by atoms with Gasteiger partial charge in [0.25, 0.3) is 0 Å². The average molecular weight is 665 g/mol. The number of nitrogens with zero attached hydrogens (tertiary/aromatic N) is 2. The van der Waals surface area contributed by atoms with E-state index in [1.807, 2.05) is 72.8 Å². The molecule has 4 N–H and O–H groups in total. The lowest BCUT2D eigenvalue weighted by molar-refractivity contribution is 0.404. The minimum absolute atomic E-state index is 0.250. The molecule has 246 valence electrons. The Hall–Kier alpha value is -6.66. The lowest BCUT2D eigenvalue weighted by Gasteiger charge is -2.27. The second-order valence-electron chi connectivity index (χ2n) is 13.3. The SMILES string of the molecule is Cc1cc2ccccc2c2c1C(N=Cc1c(O)c(O)cc3ccccc13)(N=Cc1c(O)c(O)cc3ccccc13)c1c(C)cc3ccccc3c1-2. The van der Waals surface area contributed by atoms with Crippen LogP contribution in [0.2, 0.25) is 0 Å². The molecule has 0 aromatic heterocycles. The van der Waals surface area contributed by atoms with E-state index in [-0.39, 0.29) is 23.0 Å². The van der Waals surface area contributed by atoms with Crippen LogP contribution in [-0.2, 0) is 5.66 Å². The van der Waals surface area contributed by atoms with Crippen LogP contribution in [0.25, 0.3) is 54.2 Å². The van der Waals surface area contributed by atoms with Crippen LogP contribution in [0.1, 0.15) is 33.4 Å². The molecule has 0 aliphatic heterocycles. The number of benzene rings is 8. The highest BCUT2D eigenvalue weighted by molar-refractivity contribution is 6.13. The number of rotatable bonds is 4. The molecule has 0 fully saturated rings. The van der Waals surface area contributed by atoms with E-state index in [2.05, 4.69) is 50.2 Å². The third kappa shape index (κ3) is 4.43. The molecule has 9 rings (SSSR count). The van der Waals surface area contributed by atoms with E-state index >= 15 is 0 Å². The van der Waals surface area contributed by atoms with Crippen LogP contribution in [0.3, 0.4) is 0 Å². The fourth-order valence-corrected chi connectivity index (χ4v) is 8.09. The summed E-state index contributed by atoms with van der Waals surface area (Å²) in [5, 5.41) is 51.4. The Kier molecular flexibility index (Phi) is 6.67. The third-order valence-corrected chi connectivity index (χ3v) is 10.3. The Bertz CT molecular complexity index is 2640. The van der Waals surface area contributed by atoms with Crippen molar-refractivity contribution in [2.45, 2.75) is 19.5 Å². The predicted molar refractivity (Wildman–Crippen MR) is 207 cm³/mol. The summed E-state index contributed by atoms with van der Waals surface area (Å²) < 4.78 is 0. The van der Waals surface area contributed by atoms with Crippen molar-refractivity contribution in [3.63, 3.8) is 0 Å². The van der Waals surface area contributed by atoms with Crippen LogP contribution in [0.15, 0.2) is 131 Å². The predicted octanol–water partition coefficient (Wildman–Crippen LogP) is 10.2. The van der Waals surface area contributed by atoms with E-state index in [4.69, 9.17) is 9.98 Å². The van der Waals surface area contributed by atoms with E-state index in [9.17, 15) is 20.4 Å². The van der Waals surface area contributed by atoms with Crippen molar-refractivity contribution >= 4 is 55.5 Å². The van der Waals surface area contributed by atoms with Gasteiger partial charge in [0.15, 0.2) is 23.0 Å². The van der Waals surface area contributed by atoms with Gasteiger partial charge in [-0.15, -0.1) is 0 Å². The molecule has 0 amide bonds. The molecule has 0 saturated heterocycles. The number of aromatic hydroxyl groups is 4. The second-order valence-corrected chi connectivity index (χ2v) is 13.3. The van der Waals surface area contributed by atoms with Crippen LogP contribution in [-0.4, -0.2) is 32.9 Å². The Balaban J connectivity index is 1.45. The number of hydrogen-bond acceptors (Lipinski definition) is 6. The molecule has 0 spiro atoms. The number of aliphatic imine (C=N–C) groups is 2. The summed E-state index contributed by atoms with van der Waals surface area (Å²) in [7, 11) is 0. The van der Waals surface area contributed by atoms with E-state index in [1.54, 1.807) is 24.6 Å². The first-order valence-electron chi connectivity index (χ1n) is 16.8. The topological polar surface area (TPSA) is 106 Å². The van der Waals surface area contributed by atoms with E-state index in [0.717, 1.165) is 76.5 Å². The quantitative estimate of drug-likeness (QED) is 0.111. The lowest BCUT2D eigenvalue weighted by atomic mass is 9.89. The second kappa shape index (κ2) is 11.2. The van der Waals surface area contributed by atoms with Crippen LogP contribution < -0.4 is 0 Å². The molecule has 6 heteroatoms. The van der Waals surface area contributed by atoms with Crippen molar-refractivity contribution in [1.82, 2.24) is 0 Å². The Morgan fingerprint density at radius 2 is 0.784 bits per heavy atom. The van der Waals surface area contributed by atoms with Crippen LogP contribution in [0.5, 0.6) is 23.0 Å². The largest absolute Gasteiger partial charge is 0.504 e. The maximum atomic E-state index is 11.3. The van der Waals surface area contributed by atoms with Gasteiger partial charge >= 0.3 is 0 Å². The highest BCUT2D eigenvalue weighted by Gasteiger charge is 2.47. The molecule has 0 heterocycles. The highest BCUT2D eigenvalue weighted by Crippen LogP contribution is 2.58. The van der Waals surface area contributed by atoms with Gasteiger partial charge in [0.1, 0.15) is 0 Å².